The van der Waals surface area contributed by atoms with Crippen molar-refractivity contribution in [2.75, 3.05) is 26.7 Å². The Bertz CT molecular complexity index is 961. The lowest BCUT2D eigenvalue weighted by atomic mass is 9.80. The van der Waals surface area contributed by atoms with Gasteiger partial charge in [-0.3, -0.25) is 14.5 Å². The number of benzene rings is 1. The molecule has 0 unspecified atom stereocenters. The topological polar surface area (TPSA) is 97.5 Å². The van der Waals surface area contributed by atoms with E-state index in [2.05, 4.69) is 13.8 Å². The van der Waals surface area contributed by atoms with E-state index in [1.807, 2.05) is 30.9 Å². The molecule has 0 aromatic heterocycles. The monoisotopic (exact) mass is 442 g/mol. The van der Waals surface area contributed by atoms with Crippen LogP contribution in [-0.2, 0) is 16.0 Å². The maximum Gasteiger partial charge on any atom is 0.248 e. The van der Waals surface area contributed by atoms with Gasteiger partial charge in [0, 0.05) is 37.1 Å². The van der Waals surface area contributed by atoms with Crippen LogP contribution in [0, 0.1) is 5.41 Å². The lowest BCUT2D eigenvalue weighted by Crippen LogP contribution is -2.52. The van der Waals surface area contributed by atoms with E-state index >= 15 is 0 Å². The minimum absolute atomic E-state index is 0.0141. The summed E-state index contributed by atoms with van der Waals surface area (Å²) in [5.41, 5.74) is 7.50. The Labute approximate surface area is 189 Å². The largest absolute Gasteiger partial charge is 0.493 e. The number of hydrogen-bond donors (Lipinski definition) is 1. The fraction of sp³-hybridized carbons (Fsp3) is 0.625. The molecule has 0 radical (unpaired) electrons. The predicted molar refractivity (Wildman–Crippen MR) is 122 cm³/mol. The van der Waals surface area contributed by atoms with Gasteiger partial charge in [0.25, 0.3) is 0 Å². The lowest BCUT2D eigenvalue weighted by molar-refractivity contribution is -0.145. The van der Waals surface area contributed by atoms with Gasteiger partial charge in [0.2, 0.25) is 11.8 Å². The molecule has 1 saturated heterocycles. The van der Waals surface area contributed by atoms with Crippen molar-refractivity contribution in [1.29, 1.82) is 0 Å². The number of ether oxygens (including phenoxy) is 2. The molecule has 2 amide bonds. The minimum atomic E-state index is -0.552. The summed E-state index contributed by atoms with van der Waals surface area (Å²) in [5, 5.41) is 6.62. The molecule has 1 aromatic rings. The fourth-order valence-electron chi connectivity index (χ4n) is 5.02. The number of nitrogens with two attached hydrogens (primary N) is 1. The van der Waals surface area contributed by atoms with Crippen LogP contribution < -0.4 is 15.2 Å². The Kier molecular flexibility index (Phi) is 5.69. The van der Waals surface area contributed by atoms with Crippen LogP contribution in [0.25, 0.3) is 0 Å². The van der Waals surface area contributed by atoms with E-state index in [0.29, 0.717) is 6.42 Å². The molecule has 1 aromatic carbocycles. The number of carbonyl (C=O) groups excluding carboxylic acids is 2. The van der Waals surface area contributed by atoms with Crippen molar-refractivity contribution in [3.05, 3.63) is 23.3 Å². The molecular weight excluding hydrogens is 408 g/mol. The smallest absolute Gasteiger partial charge is 0.248 e. The second-order valence-electron chi connectivity index (χ2n) is 10.4. The van der Waals surface area contributed by atoms with Crippen molar-refractivity contribution >= 4 is 17.5 Å². The molecule has 3 aliphatic heterocycles. The Morgan fingerprint density at radius 3 is 2.53 bits per heavy atom. The fourth-order valence-corrected chi connectivity index (χ4v) is 5.02. The van der Waals surface area contributed by atoms with Gasteiger partial charge in [-0.15, -0.1) is 0 Å². The quantitative estimate of drug-likeness (QED) is 0.755. The van der Waals surface area contributed by atoms with Gasteiger partial charge in [-0.1, -0.05) is 13.8 Å². The van der Waals surface area contributed by atoms with E-state index in [0.717, 1.165) is 60.7 Å². The first kappa shape index (κ1) is 22.6. The van der Waals surface area contributed by atoms with Crippen molar-refractivity contribution in [2.45, 2.75) is 65.0 Å². The maximum absolute atomic E-state index is 13.3. The normalized spacial score (nSPS) is 22.8. The highest BCUT2D eigenvalue weighted by Gasteiger charge is 2.43. The average molecular weight is 443 g/mol. The van der Waals surface area contributed by atoms with E-state index < -0.39 is 5.41 Å². The number of amides is 2. The third kappa shape index (κ3) is 4.20. The van der Waals surface area contributed by atoms with E-state index in [1.54, 1.807) is 12.1 Å². The third-order valence-corrected chi connectivity index (χ3v) is 6.64. The van der Waals surface area contributed by atoms with Gasteiger partial charge >= 0.3 is 0 Å². The zero-order valence-corrected chi connectivity index (χ0v) is 19.7. The summed E-state index contributed by atoms with van der Waals surface area (Å²) in [6, 6.07) is 3.98. The summed E-state index contributed by atoms with van der Waals surface area (Å²) in [6.45, 7) is 9.82. The number of hydrogen-bond acceptors (Lipinski definition) is 6. The van der Waals surface area contributed by atoms with Gasteiger partial charge in [-0.2, -0.15) is 5.10 Å². The number of rotatable bonds is 5. The molecule has 0 spiro atoms. The van der Waals surface area contributed by atoms with Gasteiger partial charge in [0.1, 0.15) is 5.60 Å². The SMILES string of the molecule is COc1ccc(C2=NN(C3CCN(CC(N)=O)CC3)C(=O)C(C)(C)C2)c2c1OC(C)(C)C2. The number of fused-ring (bicyclic) bond motifs is 1. The highest BCUT2D eigenvalue weighted by atomic mass is 16.5. The summed E-state index contributed by atoms with van der Waals surface area (Å²) in [4.78, 5) is 26.6. The summed E-state index contributed by atoms with van der Waals surface area (Å²) in [7, 11) is 1.65. The number of piperidine rings is 1. The first-order chi connectivity index (χ1) is 15.0. The Balaban J connectivity index is 1.66. The predicted octanol–water partition coefficient (Wildman–Crippen LogP) is 2.32. The summed E-state index contributed by atoms with van der Waals surface area (Å²) in [6.07, 6.45) is 2.86. The number of primary amides is 1. The average Bonchev–Trinajstić information content (AvgIpc) is 3.04. The number of methoxy groups -OCH3 is 1. The van der Waals surface area contributed by atoms with Crippen LogP contribution in [0.1, 0.15) is 58.1 Å². The van der Waals surface area contributed by atoms with E-state index in [-0.39, 0.29) is 30.0 Å². The summed E-state index contributed by atoms with van der Waals surface area (Å²) in [5.74, 6) is 1.23. The van der Waals surface area contributed by atoms with Crippen LogP contribution in [0.15, 0.2) is 17.2 Å². The van der Waals surface area contributed by atoms with Crippen LogP contribution in [-0.4, -0.2) is 65.8 Å². The van der Waals surface area contributed by atoms with Gasteiger partial charge in [-0.25, -0.2) is 5.01 Å². The van der Waals surface area contributed by atoms with Crippen LogP contribution in [0.4, 0.5) is 0 Å². The number of hydrazone groups is 1. The highest BCUT2D eigenvalue weighted by Crippen LogP contribution is 2.45. The van der Waals surface area contributed by atoms with Crippen molar-refractivity contribution in [3.63, 3.8) is 0 Å². The van der Waals surface area contributed by atoms with Gasteiger partial charge < -0.3 is 15.2 Å². The molecule has 8 heteroatoms. The Morgan fingerprint density at radius 2 is 1.91 bits per heavy atom. The standard InChI is InChI=1S/C24H34N4O4/c1-23(2)13-18(16-6-7-19(31-5)21-17(16)12-24(3,4)32-21)26-28(22(23)30)15-8-10-27(11-9-15)14-20(25)29/h6-7,15H,8-14H2,1-5H3,(H2,25,29). The molecule has 3 heterocycles. The highest BCUT2D eigenvalue weighted by molar-refractivity contribution is 6.07. The molecule has 0 bridgehead atoms. The molecule has 4 rings (SSSR count). The van der Waals surface area contributed by atoms with E-state index in [4.69, 9.17) is 20.3 Å². The Hall–Kier alpha value is -2.61. The number of nitrogens with zero attached hydrogens (tertiary/aromatic N) is 3. The van der Waals surface area contributed by atoms with Crippen LogP contribution in [0.2, 0.25) is 0 Å². The van der Waals surface area contributed by atoms with Crippen molar-refractivity contribution in [3.8, 4) is 11.5 Å². The van der Waals surface area contributed by atoms with Gasteiger partial charge in [0.15, 0.2) is 11.5 Å². The van der Waals surface area contributed by atoms with Crippen LogP contribution in [0.5, 0.6) is 11.5 Å². The lowest BCUT2D eigenvalue weighted by Gasteiger charge is -2.41. The van der Waals surface area contributed by atoms with Crippen molar-refractivity contribution < 1.29 is 19.1 Å². The molecule has 32 heavy (non-hydrogen) atoms. The molecule has 1 fully saturated rings. The van der Waals surface area contributed by atoms with Crippen molar-refractivity contribution in [2.24, 2.45) is 16.3 Å². The molecule has 174 valence electrons. The van der Waals surface area contributed by atoms with Gasteiger partial charge in [0.05, 0.1) is 30.8 Å². The molecule has 2 N–H and O–H groups in total. The zero-order chi connectivity index (χ0) is 23.3. The van der Waals surface area contributed by atoms with Crippen LogP contribution >= 0.6 is 0 Å². The molecule has 0 saturated carbocycles. The number of likely N-dealkylation sites (tertiary alicyclic amines) is 1. The minimum Gasteiger partial charge on any atom is -0.493 e. The number of carbonyl (C=O) groups is 2. The molecule has 3 aliphatic rings. The molecular formula is C24H34N4O4. The molecule has 0 aliphatic carbocycles. The second-order valence-corrected chi connectivity index (χ2v) is 10.4. The second kappa shape index (κ2) is 8.06. The first-order valence-corrected chi connectivity index (χ1v) is 11.3. The van der Waals surface area contributed by atoms with E-state index in [9.17, 15) is 9.59 Å². The maximum atomic E-state index is 13.3. The molecule has 0 atom stereocenters. The third-order valence-electron chi connectivity index (χ3n) is 6.64. The van der Waals surface area contributed by atoms with Gasteiger partial charge in [-0.05, 0) is 38.8 Å². The Morgan fingerprint density at radius 1 is 1.22 bits per heavy atom. The van der Waals surface area contributed by atoms with E-state index in [1.165, 1.54) is 0 Å². The summed E-state index contributed by atoms with van der Waals surface area (Å²) < 4.78 is 11.7. The van der Waals surface area contributed by atoms with Crippen LogP contribution in [0.3, 0.4) is 0 Å². The summed E-state index contributed by atoms with van der Waals surface area (Å²) >= 11 is 0. The van der Waals surface area contributed by atoms with Crippen molar-refractivity contribution in [1.82, 2.24) is 9.91 Å². The molecule has 8 nitrogen and oxygen atoms in total. The first-order valence-electron chi connectivity index (χ1n) is 11.3. The zero-order valence-electron chi connectivity index (χ0n) is 19.7.